The van der Waals surface area contributed by atoms with Gasteiger partial charge in [0.2, 0.25) is 5.78 Å². The molecule has 0 aliphatic heterocycles. The fourth-order valence-electron chi connectivity index (χ4n) is 1.64. The molecule has 2 aromatic heterocycles. The molecule has 0 saturated heterocycles. The number of fused-ring (bicyclic) bond motifs is 1. The Morgan fingerprint density at radius 2 is 1.83 bits per heavy atom. The van der Waals surface area contributed by atoms with Crippen molar-refractivity contribution in [2.45, 2.75) is 20.8 Å². The minimum atomic E-state index is -0.620. The summed E-state index contributed by atoms with van der Waals surface area (Å²) in [5.74, 6) is -0.0358. The summed E-state index contributed by atoms with van der Waals surface area (Å²) in [5, 5.41) is 0. The molecule has 2 heterocycles. The van der Waals surface area contributed by atoms with Crippen LogP contribution in [0.25, 0.3) is 11.2 Å². The summed E-state index contributed by atoms with van der Waals surface area (Å²) in [6.07, 6.45) is 0. The molecule has 7 heteroatoms. The fourth-order valence-corrected chi connectivity index (χ4v) is 1.64. The number of hydrogen-bond donors (Lipinski definition) is 2. The highest BCUT2D eigenvalue weighted by molar-refractivity contribution is 5.99. The largest absolute Gasteiger partial charge is 0.327 e. The van der Waals surface area contributed by atoms with Gasteiger partial charge in [0.25, 0.3) is 5.56 Å². The summed E-state index contributed by atoms with van der Waals surface area (Å²) in [5.41, 5.74) is -1.52. The molecule has 0 radical (unpaired) electrons. The van der Waals surface area contributed by atoms with Gasteiger partial charge >= 0.3 is 5.69 Å². The van der Waals surface area contributed by atoms with Crippen LogP contribution in [0.3, 0.4) is 0 Å². The number of aromatic nitrogens is 4. The Bertz CT molecular complexity index is 742. The number of carbonyl (C=O) groups excluding carboxylic acids is 1. The Balaban J connectivity index is 2.81. The lowest BCUT2D eigenvalue weighted by Crippen LogP contribution is -2.23. The molecule has 0 atom stereocenters. The molecule has 0 amide bonds. The van der Waals surface area contributed by atoms with Crippen molar-refractivity contribution in [2.75, 3.05) is 0 Å². The Hall–Kier alpha value is -2.18. The number of rotatable bonds is 1. The molecule has 0 saturated carbocycles. The van der Waals surface area contributed by atoms with Crippen molar-refractivity contribution >= 4 is 16.9 Å². The zero-order valence-electron chi connectivity index (χ0n) is 10.6. The zero-order chi connectivity index (χ0) is 13.7. The molecule has 0 spiro atoms. The number of ketones is 1. The second-order valence-electron chi connectivity index (χ2n) is 5.18. The number of aromatic amines is 2. The normalized spacial score (nSPS) is 12.0. The predicted molar refractivity (Wildman–Crippen MR) is 65.7 cm³/mol. The number of nitrogens with one attached hydrogen (secondary N) is 2. The molecule has 96 valence electrons. The number of carbonyl (C=O) groups is 1. The number of hydrogen-bond acceptors (Lipinski definition) is 4. The third-order valence-corrected chi connectivity index (χ3v) is 2.65. The minimum absolute atomic E-state index is 0.0599. The van der Waals surface area contributed by atoms with E-state index in [1.807, 2.05) is 0 Å². The Morgan fingerprint density at radius 1 is 1.22 bits per heavy atom. The van der Waals surface area contributed by atoms with Gasteiger partial charge in [-0.1, -0.05) is 20.8 Å². The predicted octanol–water partition coefficient (Wildman–Crippen LogP) is 0.179. The molecular formula is C11H14N4O3. The molecule has 7 nitrogen and oxygen atoms in total. The molecule has 0 bridgehead atoms. The second kappa shape index (κ2) is 3.66. The van der Waals surface area contributed by atoms with E-state index in [2.05, 4.69) is 15.0 Å². The highest BCUT2D eigenvalue weighted by Crippen LogP contribution is 2.21. The summed E-state index contributed by atoms with van der Waals surface area (Å²) in [4.78, 5) is 43.5. The summed E-state index contributed by atoms with van der Waals surface area (Å²) in [6.45, 7) is 5.30. The van der Waals surface area contributed by atoms with Gasteiger partial charge in [0.1, 0.15) is 5.65 Å². The third kappa shape index (κ3) is 1.77. The first-order valence-electron chi connectivity index (χ1n) is 5.45. The maximum atomic E-state index is 12.2. The van der Waals surface area contributed by atoms with E-state index in [1.54, 1.807) is 27.8 Å². The molecule has 18 heavy (non-hydrogen) atoms. The molecule has 0 fully saturated rings. The van der Waals surface area contributed by atoms with Gasteiger partial charge in [0.05, 0.1) is 0 Å². The van der Waals surface area contributed by atoms with Crippen LogP contribution in [0.4, 0.5) is 0 Å². The topological polar surface area (TPSA) is 101 Å². The molecule has 0 aromatic carbocycles. The average Bonchev–Trinajstić information content (AvgIpc) is 2.54. The van der Waals surface area contributed by atoms with E-state index < -0.39 is 16.7 Å². The van der Waals surface area contributed by atoms with Crippen LogP contribution in [0, 0.1) is 5.41 Å². The summed E-state index contributed by atoms with van der Waals surface area (Å²) < 4.78 is 1.43. The van der Waals surface area contributed by atoms with Crippen LogP contribution in [-0.4, -0.2) is 25.3 Å². The fraction of sp³-hybridized carbons (Fsp3) is 0.455. The van der Waals surface area contributed by atoms with Crippen molar-refractivity contribution in [1.82, 2.24) is 19.5 Å². The molecule has 0 aliphatic carbocycles. The number of nitrogens with zero attached hydrogens (tertiary/aromatic N) is 2. The molecular weight excluding hydrogens is 236 g/mol. The summed E-state index contributed by atoms with van der Waals surface area (Å²) in [6, 6.07) is 0. The lowest BCUT2D eigenvalue weighted by atomic mass is 9.90. The highest BCUT2D eigenvalue weighted by atomic mass is 16.2. The van der Waals surface area contributed by atoms with Crippen molar-refractivity contribution in [3.8, 4) is 0 Å². The van der Waals surface area contributed by atoms with Crippen LogP contribution in [0.2, 0.25) is 0 Å². The Kier molecular flexibility index (Phi) is 2.50. The van der Waals surface area contributed by atoms with Crippen molar-refractivity contribution < 1.29 is 4.79 Å². The van der Waals surface area contributed by atoms with Gasteiger partial charge in [-0.2, -0.15) is 0 Å². The Labute approximate surface area is 102 Å². The molecule has 2 rings (SSSR count). The van der Waals surface area contributed by atoms with Gasteiger partial charge in [0, 0.05) is 12.5 Å². The van der Waals surface area contributed by atoms with Gasteiger partial charge < -0.3 is 4.57 Å². The standard InChI is InChI=1S/C11H14N4O3/c1-11(2,3)6(16)8-12-5-7(15(8)4)13-10(18)14-9(5)17/h1-4H3,(H2,13,14,17,18). The molecule has 2 N–H and O–H groups in total. The van der Waals surface area contributed by atoms with E-state index in [-0.39, 0.29) is 22.8 Å². The van der Waals surface area contributed by atoms with E-state index in [0.717, 1.165) is 0 Å². The van der Waals surface area contributed by atoms with Gasteiger partial charge in [-0.15, -0.1) is 0 Å². The maximum Gasteiger partial charge on any atom is 0.327 e. The van der Waals surface area contributed by atoms with Crippen LogP contribution in [0.1, 0.15) is 31.4 Å². The van der Waals surface area contributed by atoms with Crippen molar-refractivity contribution in [2.24, 2.45) is 12.5 Å². The number of H-pyrrole nitrogens is 2. The maximum absolute atomic E-state index is 12.2. The van der Waals surface area contributed by atoms with Crippen LogP contribution >= 0.6 is 0 Å². The number of aryl methyl sites for hydroxylation is 1. The van der Waals surface area contributed by atoms with E-state index in [0.29, 0.717) is 0 Å². The van der Waals surface area contributed by atoms with Crippen LogP contribution in [0.5, 0.6) is 0 Å². The first-order valence-corrected chi connectivity index (χ1v) is 5.45. The lowest BCUT2D eigenvalue weighted by molar-refractivity contribution is 0.0844. The second-order valence-corrected chi connectivity index (χ2v) is 5.18. The van der Waals surface area contributed by atoms with Gasteiger partial charge in [-0.25, -0.2) is 9.78 Å². The number of Topliss-reactive ketones (excluding diaryl/α,β-unsaturated/α-hetero) is 1. The van der Waals surface area contributed by atoms with E-state index in [9.17, 15) is 14.4 Å². The summed E-state index contributed by atoms with van der Waals surface area (Å²) >= 11 is 0. The average molecular weight is 250 g/mol. The minimum Gasteiger partial charge on any atom is -0.311 e. The van der Waals surface area contributed by atoms with Crippen molar-refractivity contribution in [3.05, 3.63) is 26.7 Å². The molecule has 0 aliphatic rings. The summed E-state index contributed by atoms with van der Waals surface area (Å²) in [7, 11) is 1.59. The Morgan fingerprint density at radius 3 is 2.39 bits per heavy atom. The lowest BCUT2D eigenvalue weighted by Gasteiger charge is -2.15. The monoisotopic (exact) mass is 250 g/mol. The van der Waals surface area contributed by atoms with Crippen LogP contribution in [0.15, 0.2) is 9.59 Å². The van der Waals surface area contributed by atoms with Crippen molar-refractivity contribution in [1.29, 1.82) is 0 Å². The van der Waals surface area contributed by atoms with E-state index in [4.69, 9.17) is 0 Å². The SMILES string of the molecule is Cn1c(C(=O)C(C)(C)C)nc2c(=O)[nH]c(=O)[nH]c21. The first kappa shape index (κ1) is 12.3. The van der Waals surface area contributed by atoms with Gasteiger partial charge in [-0.05, 0) is 0 Å². The van der Waals surface area contributed by atoms with E-state index >= 15 is 0 Å². The quantitative estimate of drug-likeness (QED) is 0.705. The highest BCUT2D eigenvalue weighted by Gasteiger charge is 2.28. The van der Waals surface area contributed by atoms with Crippen LogP contribution < -0.4 is 11.2 Å². The molecule has 2 aromatic rings. The number of imidazole rings is 1. The first-order chi connectivity index (χ1) is 8.21. The third-order valence-electron chi connectivity index (χ3n) is 2.65. The smallest absolute Gasteiger partial charge is 0.311 e. The van der Waals surface area contributed by atoms with Crippen LogP contribution in [-0.2, 0) is 7.05 Å². The van der Waals surface area contributed by atoms with Gasteiger partial charge in [-0.3, -0.25) is 19.6 Å². The van der Waals surface area contributed by atoms with E-state index in [1.165, 1.54) is 4.57 Å². The zero-order valence-corrected chi connectivity index (χ0v) is 10.6. The van der Waals surface area contributed by atoms with Crippen molar-refractivity contribution in [3.63, 3.8) is 0 Å². The van der Waals surface area contributed by atoms with Gasteiger partial charge in [0.15, 0.2) is 11.3 Å². The molecule has 0 unspecified atom stereocenters.